The summed E-state index contributed by atoms with van der Waals surface area (Å²) in [6, 6.07) is 20.9. The van der Waals surface area contributed by atoms with Crippen LogP contribution in [-0.4, -0.2) is 35.6 Å². The second kappa shape index (κ2) is 7.94. The molecule has 2 fully saturated rings. The summed E-state index contributed by atoms with van der Waals surface area (Å²) in [5, 5.41) is 0. The van der Waals surface area contributed by atoms with E-state index in [1.165, 1.54) is 4.90 Å². The number of nitrogens with zero attached hydrogens (tertiary/aromatic N) is 2. The number of ketones is 1. The van der Waals surface area contributed by atoms with Crippen molar-refractivity contribution in [2.24, 2.45) is 11.8 Å². The summed E-state index contributed by atoms with van der Waals surface area (Å²) in [7, 11) is 1.57. The Morgan fingerprint density at radius 2 is 1.54 bits per heavy atom. The molecule has 3 aliphatic rings. The number of rotatable bonds is 4. The number of ether oxygens (including phenoxy) is 1. The molecule has 0 aromatic heterocycles. The van der Waals surface area contributed by atoms with E-state index in [1.54, 1.807) is 43.5 Å². The topological polar surface area (TPSA) is 66.9 Å². The highest BCUT2D eigenvalue weighted by Gasteiger charge is 2.64. The Balaban J connectivity index is 1.47. The molecule has 1 unspecified atom stereocenters. The van der Waals surface area contributed by atoms with Crippen molar-refractivity contribution >= 4 is 29.4 Å². The van der Waals surface area contributed by atoms with Gasteiger partial charge >= 0.3 is 0 Å². The first-order chi connectivity index (χ1) is 17.0. The van der Waals surface area contributed by atoms with Crippen LogP contribution in [0, 0.1) is 18.8 Å². The lowest BCUT2D eigenvalue weighted by atomic mass is 9.83. The van der Waals surface area contributed by atoms with Crippen LogP contribution in [0.5, 0.6) is 5.75 Å². The van der Waals surface area contributed by atoms with Crippen LogP contribution < -0.4 is 9.64 Å². The van der Waals surface area contributed by atoms with Crippen LogP contribution in [0.15, 0.2) is 79.0 Å². The minimum Gasteiger partial charge on any atom is -0.497 e. The third kappa shape index (κ3) is 3.13. The zero-order valence-electron chi connectivity index (χ0n) is 19.4. The first-order valence-electron chi connectivity index (χ1n) is 11.7. The quantitative estimate of drug-likeness (QED) is 0.423. The number of Topliss-reactive ketones (excluding diaryl/α,β-unsaturated/α-hetero) is 1. The van der Waals surface area contributed by atoms with Gasteiger partial charge in [-0.1, -0.05) is 42.0 Å². The Labute approximate surface area is 203 Å². The van der Waals surface area contributed by atoms with Crippen molar-refractivity contribution in [1.82, 2.24) is 4.90 Å². The summed E-state index contributed by atoms with van der Waals surface area (Å²) in [5.41, 5.74) is 4.03. The molecule has 0 bridgehead atoms. The zero-order chi connectivity index (χ0) is 24.3. The fourth-order valence-corrected chi connectivity index (χ4v) is 5.73. The molecular weight excluding hydrogens is 440 g/mol. The number of amides is 2. The van der Waals surface area contributed by atoms with Gasteiger partial charge in [-0.25, -0.2) is 4.90 Å². The van der Waals surface area contributed by atoms with Crippen molar-refractivity contribution in [3.8, 4) is 5.75 Å². The van der Waals surface area contributed by atoms with E-state index in [9.17, 15) is 14.4 Å². The summed E-state index contributed by atoms with van der Waals surface area (Å²) in [6.07, 6.45) is 3.82. The summed E-state index contributed by atoms with van der Waals surface area (Å²) in [5.74, 6) is -1.54. The number of carbonyl (C=O) groups excluding carboxylic acids is 3. The maximum atomic E-state index is 13.9. The largest absolute Gasteiger partial charge is 0.497 e. The molecular formula is C29H24N2O4. The summed E-state index contributed by atoms with van der Waals surface area (Å²) in [6.45, 7) is 1.96. The Bertz CT molecular complexity index is 1380. The molecule has 4 atom stereocenters. The molecule has 3 aromatic carbocycles. The minimum absolute atomic E-state index is 0.180. The molecule has 0 spiro atoms. The van der Waals surface area contributed by atoms with E-state index < -0.39 is 17.9 Å². The van der Waals surface area contributed by atoms with Gasteiger partial charge in [0.05, 0.1) is 30.7 Å². The predicted octanol–water partition coefficient (Wildman–Crippen LogP) is 4.40. The van der Waals surface area contributed by atoms with E-state index >= 15 is 0 Å². The van der Waals surface area contributed by atoms with Gasteiger partial charge in [0.2, 0.25) is 11.8 Å². The predicted molar refractivity (Wildman–Crippen MR) is 132 cm³/mol. The van der Waals surface area contributed by atoms with Crippen LogP contribution in [-0.2, 0) is 9.59 Å². The average molecular weight is 465 g/mol. The van der Waals surface area contributed by atoms with Gasteiger partial charge in [-0.15, -0.1) is 0 Å². The lowest BCUT2D eigenvalue weighted by molar-refractivity contribution is -0.123. The van der Waals surface area contributed by atoms with Gasteiger partial charge in [0.25, 0.3) is 0 Å². The van der Waals surface area contributed by atoms with E-state index in [0.717, 1.165) is 16.7 Å². The highest BCUT2D eigenvalue weighted by atomic mass is 16.5. The SMILES string of the molecule is COc1ccc(C(=O)[C@H]2[C@H]3C(=O)N(c4ccc(C)cc4)C(=O)[C@H]3C3c4ccccc4C=CN32)cc1. The number of anilines is 1. The van der Waals surface area contributed by atoms with E-state index in [1.807, 2.05) is 60.5 Å². The maximum absolute atomic E-state index is 13.9. The molecule has 2 amide bonds. The maximum Gasteiger partial charge on any atom is 0.240 e. The van der Waals surface area contributed by atoms with E-state index in [0.29, 0.717) is 17.0 Å². The number of hydrogen-bond donors (Lipinski definition) is 0. The molecule has 35 heavy (non-hydrogen) atoms. The minimum atomic E-state index is -0.783. The molecule has 174 valence electrons. The number of hydrogen-bond acceptors (Lipinski definition) is 5. The molecule has 0 saturated carbocycles. The van der Waals surface area contributed by atoms with Gasteiger partial charge in [-0.3, -0.25) is 14.4 Å². The summed E-state index contributed by atoms with van der Waals surface area (Å²) < 4.78 is 5.23. The standard InChI is InChI=1S/C29H24N2O4/c1-17-7-11-20(12-8-17)31-28(33)23-24(29(31)34)26(27(32)19-9-13-21(35-2)14-10-19)30-16-15-18-5-3-4-6-22(18)25(23)30/h3-16,23-26H,1-2H3/t23-,24+,25?,26-/m1/s1. The number of carbonyl (C=O) groups is 3. The van der Waals surface area contributed by atoms with Crippen LogP contribution in [0.4, 0.5) is 5.69 Å². The number of benzene rings is 3. The van der Waals surface area contributed by atoms with Crippen LogP contribution in [0.3, 0.4) is 0 Å². The second-order valence-electron chi connectivity index (χ2n) is 9.27. The molecule has 0 N–H and O–H groups in total. The van der Waals surface area contributed by atoms with Crippen molar-refractivity contribution in [2.45, 2.75) is 19.0 Å². The Morgan fingerprint density at radius 3 is 2.26 bits per heavy atom. The molecule has 0 aliphatic carbocycles. The normalized spacial score (nSPS) is 24.3. The third-order valence-corrected chi connectivity index (χ3v) is 7.40. The van der Waals surface area contributed by atoms with Crippen LogP contribution in [0.25, 0.3) is 6.08 Å². The molecule has 3 aliphatic heterocycles. The lowest BCUT2D eigenvalue weighted by Crippen LogP contribution is -2.44. The molecule has 0 radical (unpaired) electrons. The van der Waals surface area contributed by atoms with Crippen LogP contribution in [0.2, 0.25) is 0 Å². The van der Waals surface area contributed by atoms with Gasteiger partial charge in [-0.2, -0.15) is 0 Å². The van der Waals surface area contributed by atoms with E-state index in [4.69, 9.17) is 4.74 Å². The fraction of sp³-hybridized carbons (Fsp3) is 0.207. The summed E-state index contributed by atoms with van der Waals surface area (Å²) in [4.78, 5) is 44.8. The average Bonchev–Trinajstić information content (AvgIpc) is 3.37. The molecule has 6 rings (SSSR count). The Hall–Kier alpha value is -4.19. The van der Waals surface area contributed by atoms with E-state index in [-0.39, 0.29) is 23.6 Å². The highest BCUT2D eigenvalue weighted by molar-refractivity contribution is 6.24. The van der Waals surface area contributed by atoms with Crippen molar-refractivity contribution in [1.29, 1.82) is 0 Å². The van der Waals surface area contributed by atoms with Gasteiger partial charge in [0.15, 0.2) is 5.78 Å². The van der Waals surface area contributed by atoms with Crippen LogP contribution in [0.1, 0.15) is 33.1 Å². The first-order valence-corrected chi connectivity index (χ1v) is 11.7. The number of methoxy groups -OCH3 is 1. The van der Waals surface area contributed by atoms with Crippen LogP contribution >= 0.6 is 0 Å². The van der Waals surface area contributed by atoms with Gasteiger partial charge in [0, 0.05) is 11.8 Å². The molecule has 6 nitrogen and oxygen atoms in total. The van der Waals surface area contributed by atoms with Gasteiger partial charge in [-0.05, 0) is 60.5 Å². The molecule has 2 saturated heterocycles. The second-order valence-corrected chi connectivity index (χ2v) is 9.27. The van der Waals surface area contributed by atoms with Crippen molar-refractivity contribution in [3.63, 3.8) is 0 Å². The van der Waals surface area contributed by atoms with Gasteiger partial charge in [0.1, 0.15) is 11.8 Å². The summed E-state index contributed by atoms with van der Waals surface area (Å²) >= 11 is 0. The Kier molecular flexibility index (Phi) is 4.85. The van der Waals surface area contributed by atoms with E-state index in [2.05, 4.69) is 0 Å². The Morgan fingerprint density at radius 1 is 0.857 bits per heavy atom. The monoisotopic (exact) mass is 464 g/mol. The van der Waals surface area contributed by atoms with Crippen molar-refractivity contribution < 1.29 is 19.1 Å². The smallest absolute Gasteiger partial charge is 0.240 e. The molecule has 6 heteroatoms. The fourth-order valence-electron chi connectivity index (χ4n) is 5.73. The molecule has 3 heterocycles. The first kappa shape index (κ1) is 21.4. The van der Waals surface area contributed by atoms with Gasteiger partial charge < -0.3 is 9.64 Å². The number of fused-ring (bicyclic) bond motifs is 5. The highest BCUT2D eigenvalue weighted by Crippen LogP contribution is 2.53. The number of imide groups is 1. The zero-order valence-corrected chi connectivity index (χ0v) is 19.4. The lowest BCUT2D eigenvalue weighted by Gasteiger charge is -2.35. The number of aryl methyl sites for hydroxylation is 1. The molecule has 3 aromatic rings. The third-order valence-electron chi connectivity index (χ3n) is 7.40. The van der Waals surface area contributed by atoms with Crippen molar-refractivity contribution in [2.75, 3.05) is 12.0 Å². The van der Waals surface area contributed by atoms with Crippen molar-refractivity contribution in [3.05, 3.63) is 101 Å².